The fourth-order valence-corrected chi connectivity index (χ4v) is 1.74. The summed E-state index contributed by atoms with van der Waals surface area (Å²) in [4.78, 5) is 13.1. The zero-order chi connectivity index (χ0) is 9.59. The number of phenols is 1. The fraction of sp³-hybridized carbons (Fsp3) is 0.300. The number of rotatable bonds is 0. The van der Waals surface area contributed by atoms with Crippen molar-refractivity contribution < 1.29 is 9.90 Å². The van der Waals surface area contributed by atoms with Crippen molar-refractivity contribution in [3.8, 4) is 5.75 Å². The second-order valence-corrected chi connectivity index (χ2v) is 3.36. The number of anilines is 1. The van der Waals surface area contributed by atoms with Gasteiger partial charge in [0, 0.05) is 12.7 Å². The molecular weight excluding hydrogens is 166 g/mol. The van der Waals surface area contributed by atoms with Crippen molar-refractivity contribution in [2.24, 2.45) is 0 Å². The molecule has 3 heteroatoms. The predicted octanol–water partition coefficient (Wildman–Crippen LogP) is 1.47. The number of hydrogen-bond acceptors (Lipinski definition) is 2. The molecule has 68 valence electrons. The number of carbonyl (C=O) groups is 1. The summed E-state index contributed by atoms with van der Waals surface area (Å²) < 4.78 is 0. The van der Waals surface area contributed by atoms with Crippen molar-refractivity contribution in [2.75, 3.05) is 11.9 Å². The highest BCUT2D eigenvalue weighted by atomic mass is 16.3. The van der Waals surface area contributed by atoms with Gasteiger partial charge in [0.05, 0.1) is 5.92 Å². The molecule has 1 amide bonds. The number of hydrogen-bond donors (Lipinski definition) is 1. The number of amides is 1. The van der Waals surface area contributed by atoms with Gasteiger partial charge in [-0.1, -0.05) is 0 Å². The zero-order valence-electron chi connectivity index (χ0n) is 7.61. The Labute approximate surface area is 76.6 Å². The van der Waals surface area contributed by atoms with E-state index in [4.69, 9.17) is 0 Å². The Hall–Kier alpha value is -1.51. The lowest BCUT2D eigenvalue weighted by molar-refractivity contribution is -0.118. The van der Waals surface area contributed by atoms with E-state index < -0.39 is 0 Å². The van der Waals surface area contributed by atoms with Gasteiger partial charge in [-0.15, -0.1) is 0 Å². The van der Waals surface area contributed by atoms with E-state index in [1.165, 1.54) is 0 Å². The van der Waals surface area contributed by atoms with Gasteiger partial charge in [-0.3, -0.25) is 4.79 Å². The number of likely N-dealkylation sites (N-methyl/N-ethyl adjacent to an activating group) is 1. The molecule has 0 aliphatic carbocycles. The maximum absolute atomic E-state index is 11.5. The number of aromatic hydroxyl groups is 1. The molecule has 1 aliphatic heterocycles. The molecule has 2 rings (SSSR count). The molecule has 1 atom stereocenters. The highest BCUT2D eigenvalue weighted by Crippen LogP contribution is 2.37. The number of nitrogens with zero attached hydrogens (tertiary/aromatic N) is 1. The van der Waals surface area contributed by atoms with Gasteiger partial charge in [0.15, 0.2) is 0 Å². The van der Waals surface area contributed by atoms with Crippen LogP contribution in [0.15, 0.2) is 18.2 Å². The first kappa shape index (κ1) is 8.10. The summed E-state index contributed by atoms with van der Waals surface area (Å²) in [5.41, 5.74) is 1.81. The van der Waals surface area contributed by atoms with Crippen molar-refractivity contribution in [1.82, 2.24) is 0 Å². The molecule has 0 radical (unpaired) electrons. The quantitative estimate of drug-likeness (QED) is 0.652. The van der Waals surface area contributed by atoms with Gasteiger partial charge in [-0.05, 0) is 30.7 Å². The lowest BCUT2D eigenvalue weighted by Gasteiger charge is -2.09. The van der Waals surface area contributed by atoms with Crippen LogP contribution < -0.4 is 4.90 Å². The third kappa shape index (κ3) is 1.00. The van der Waals surface area contributed by atoms with Gasteiger partial charge in [0.25, 0.3) is 0 Å². The highest BCUT2D eigenvalue weighted by Gasteiger charge is 2.31. The molecule has 1 aromatic rings. The van der Waals surface area contributed by atoms with E-state index in [2.05, 4.69) is 0 Å². The zero-order valence-corrected chi connectivity index (χ0v) is 7.61. The van der Waals surface area contributed by atoms with Crippen LogP contribution in [-0.2, 0) is 4.79 Å². The third-order valence-electron chi connectivity index (χ3n) is 2.54. The average Bonchev–Trinajstić information content (AvgIpc) is 2.32. The molecule has 0 saturated heterocycles. The minimum Gasteiger partial charge on any atom is -0.508 e. The maximum atomic E-state index is 11.5. The van der Waals surface area contributed by atoms with Crippen molar-refractivity contribution in [2.45, 2.75) is 12.8 Å². The van der Waals surface area contributed by atoms with Crippen molar-refractivity contribution >= 4 is 11.6 Å². The summed E-state index contributed by atoms with van der Waals surface area (Å²) in [6, 6.07) is 5.02. The first-order valence-electron chi connectivity index (χ1n) is 4.21. The van der Waals surface area contributed by atoms with E-state index >= 15 is 0 Å². The van der Waals surface area contributed by atoms with Crippen molar-refractivity contribution in [1.29, 1.82) is 0 Å². The van der Waals surface area contributed by atoms with Crippen molar-refractivity contribution in [3.05, 3.63) is 23.8 Å². The Balaban J connectivity index is 2.60. The Bertz CT molecular complexity index is 373. The van der Waals surface area contributed by atoms with Crippen LogP contribution in [0.2, 0.25) is 0 Å². The molecule has 0 unspecified atom stereocenters. The van der Waals surface area contributed by atoms with Gasteiger partial charge >= 0.3 is 0 Å². The van der Waals surface area contributed by atoms with E-state index in [0.29, 0.717) is 0 Å². The number of fused-ring (bicyclic) bond motifs is 1. The first-order chi connectivity index (χ1) is 6.11. The summed E-state index contributed by atoms with van der Waals surface area (Å²) in [7, 11) is 1.75. The molecule has 1 aliphatic rings. The van der Waals surface area contributed by atoms with E-state index in [1.54, 1.807) is 30.1 Å². The lowest BCUT2D eigenvalue weighted by atomic mass is 10.0. The average molecular weight is 177 g/mol. The smallest absolute Gasteiger partial charge is 0.234 e. The third-order valence-corrected chi connectivity index (χ3v) is 2.54. The normalized spacial score (nSPS) is 20.6. The van der Waals surface area contributed by atoms with E-state index in [-0.39, 0.29) is 17.6 Å². The second kappa shape index (κ2) is 2.49. The number of phenolic OH excluding ortho intramolecular Hbond substituents is 1. The Morgan fingerprint density at radius 2 is 2.15 bits per heavy atom. The van der Waals surface area contributed by atoms with Crippen LogP contribution in [0.1, 0.15) is 18.4 Å². The van der Waals surface area contributed by atoms with Crippen LogP contribution in [0.5, 0.6) is 5.75 Å². The van der Waals surface area contributed by atoms with Crippen LogP contribution in [0, 0.1) is 0 Å². The molecule has 1 N–H and O–H groups in total. The van der Waals surface area contributed by atoms with Crippen molar-refractivity contribution in [3.63, 3.8) is 0 Å². The van der Waals surface area contributed by atoms with Gasteiger partial charge < -0.3 is 10.0 Å². The molecule has 3 nitrogen and oxygen atoms in total. The van der Waals surface area contributed by atoms with E-state index in [1.807, 2.05) is 6.92 Å². The summed E-state index contributed by atoms with van der Waals surface area (Å²) in [6.07, 6.45) is 0. The molecule has 1 aromatic carbocycles. The Morgan fingerprint density at radius 3 is 2.85 bits per heavy atom. The summed E-state index contributed by atoms with van der Waals surface area (Å²) in [5.74, 6) is 0.168. The Kier molecular flexibility index (Phi) is 1.55. The molecular formula is C10H11NO2. The minimum atomic E-state index is -0.132. The standard InChI is InChI=1S/C10H11NO2/c1-6-8-5-7(12)3-4-9(8)11(2)10(6)13/h3-6,12H,1-2H3/t6-/m1/s1. The predicted molar refractivity (Wildman–Crippen MR) is 49.9 cm³/mol. The van der Waals surface area contributed by atoms with Crippen LogP contribution in [0.4, 0.5) is 5.69 Å². The first-order valence-corrected chi connectivity index (χ1v) is 4.21. The molecule has 0 saturated carbocycles. The summed E-state index contributed by atoms with van der Waals surface area (Å²) >= 11 is 0. The molecule has 0 aromatic heterocycles. The topological polar surface area (TPSA) is 40.5 Å². The number of benzene rings is 1. The van der Waals surface area contributed by atoms with Gasteiger partial charge in [-0.25, -0.2) is 0 Å². The largest absolute Gasteiger partial charge is 0.508 e. The minimum absolute atomic E-state index is 0.0839. The summed E-state index contributed by atoms with van der Waals surface area (Å²) in [5, 5.41) is 9.26. The van der Waals surface area contributed by atoms with Crippen LogP contribution >= 0.6 is 0 Å². The SMILES string of the molecule is C[C@H]1C(=O)N(C)c2ccc(O)cc21. The molecule has 13 heavy (non-hydrogen) atoms. The monoisotopic (exact) mass is 177 g/mol. The summed E-state index contributed by atoms with van der Waals surface area (Å²) in [6.45, 7) is 1.85. The highest BCUT2D eigenvalue weighted by molar-refractivity contribution is 6.04. The molecule has 0 spiro atoms. The second-order valence-electron chi connectivity index (χ2n) is 3.36. The fourth-order valence-electron chi connectivity index (χ4n) is 1.74. The van der Waals surface area contributed by atoms with Crippen LogP contribution in [0.3, 0.4) is 0 Å². The number of carbonyl (C=O) groups excluding carboxylic acids is 1. The lowest BCUT2D eigenvalue weighted by Crippen LogP contribution is -2.22. The van der Waals surface area contributed by atoms with Gasteiger partial charge in [-0.2, -0.15) is 0 Å². The van der Waals surface area contributed by atoms with Gasteiger partial charge in [0.1, 0.15) is 5.75 Å². The van der Waals surface area contributed by atoms with Gasteiger partial charge in [0.2, 0.25) is 5.91 Å². The van der Waals surface area contributed by atoms with Crippen LogP contribution in [-0.4, -0.2) is 18.1 Å². The molecule has 0 fully saturated rings. The van der Waals surface area contributed by atoms with Crippen LogP contribution in [0.25, 0.3) is 0 Å². The van der Waals surface area contributed by atoms with E-state index in [0.717, 1.165) is 11.3 Å². The maximum Gasteiger partial charge on any atom is 0.234 e. The molecule has 1 heterocycles. The molecule has 0 bridgehead atoms. The van der Waals surface area contributed by atoms with E-state index in [9.17, 15) is 9.90 Å². The Morgan fingerprint density at radius 1 is 1.46 bits per heavy atom.